The third-order valence-corrected chi connectivity index (χ3v) is 7.60. The maximum absolute atomic E-state index is 14.1. The Labute approximate surface area is 203 Å². The van der Waals surface area contributed by atoms with Crippen molar-refractivity contribution in [2.24, 2.45) is 0 Å². The van der Waals surface area contributed by atoms with Gasteiger partial charge in [0.05, 0.1) is 6.04 Å². The first-order valence-corrected chi connectivity index (χ1v) is 11.8. The number of hydrogen-bond acceptors (Lipinski definition) is 2. The van der Waals surface area contributed by atoms with Crippen LogP contribution in [0.5, 0.6) is 0 Å². The van der Waals surface area contributed by atoms with Crippen LogP contribution in [0.4, 0.5) is 5.69 Å². The van der Waals surface area contributed by atoms with Gasteiger partial charge in [-0.25, -0.2) is 4.42 Å². The molecule has 4 nitrogen and oxygen atoms in total. The van der Waals surface area contributed by atoms with Crippen molar-refractivity contribution in [2.45, 2.75) is 43.6 Å². The summed E-state index contributed by atoms with van der Waals surface area (Å²) in [6.07, 6.45) is 0.103. The molecule has 3 unspecified atom stereocenters. The van der Waals surface area contributed by atoms with Gasteiger partial charge in [-0.15, -0.1) is 0 Å². The minimum atomic E-state index is -1.11. The zero-order valence-electron chi connectivity index (χ0n) is 18.4. The molecule has 2 heterocycles. The lowest BCUT2D eigenvalue weighted by Gasteiger charge is -2.49. The molecule has 1 fully saturated rings. The van der Waals surface area contributed by atoms with Crippen LogP contribution in [0.3, 0.4) is 0 Å². The van der Waals surface area contributed by atoms with Crippen molar-refractivity contribution in [1.82, 2.24) is 4.42 Å². The second kappa shape index (κ2) is 8.19. The normalized spacial score (nSPS) is 24.3. The number of piperidine rings is 1. The van der Waals surface area contributed by atoms with E-state index in [1.54, 1.807) is 6.07 Å². The summed E-state index contributed by atoms with van der Waals surface area (Å²) >= 11 is 13.2. The van der Waals surface area contributed by atoms with E-state index in [0.29, 0.717) is 5.02 Å². The molecule has 0 bridgehead atoms. The molecular weight excluding hydrogens is 455 g/mol. The number of hydrogen-bond donors (Lipinski definition) is 1. The number of halogens is 2. The monoisotopic (exact) mass is 478 g/mol. The Balaban J connectivity index is 1.86. The summed E-state index contributed by atoms with van der Waals surface area (Å²) in [6.45, 7) is 4.21. The summed E-state index contributed by atoms with van der Waals surface area (Å²) in [5.74, 6) is -0.624. The Kier molecular flexibility index (Phi) is 5.46. The van der Waals surface area contributed by atoms with Gasteiger partial charge in [-0.3, -0.25) is 9.59 Å². The third kappa shape index (κ3) is 3.27. The molecule has 3 aromatic carbocycles. The van der Waals surface area contributed by atoms with Gasteiger partial charge in [0.15, 0.2) is 0 Å². The van der Waals surface area contributed by atoms with Gasteiger partial charge in [0.25, 0.3) is 0 Å². The van der Waals surface area contributed by atoms with E-state index in [9.17, 15) is 9.59 Å². The average Bonchev–Trinajstić information content (AvgIpc) is 3.09. The summed E-state index contributed by atoms with van der Waals surface area (Å²) < 4.78 is 1.25. The van der Waals surface area contributed by atoms with Crippen LogP contribution in [0.25, 0.3) is 0 Å². The standard InChI is InChI=1S/C27H24Cl2N2O2/c1-16(2)19-10-3-4-11-20(19)25-27(21-12-5-6-13-23(21)30-26(27)33)22(15-24(32)31(25)29)17-8-7-9-18(28)14-17/h3-14,16,22,25H,15H2,1-2H3,(H,30,33). The molecule has 2 aliphatic heterocycles. The number of nitrogens with one attached hydrogen (secondary N) is 1. The molecule has 0 aromatic heterocycles. The van der Waals surface area contributed by atoms with E-state index >= 15 is 0 Å². The summed E-state index contributed by atoms with van der Waals surface area (Å²) in [7, 11) is 0. The van der Waals surface area contributed by atoms with E-state index in [1.165, 1.54) is 4.42 Å². The van der Waals surface area contributed by atoms with Gasteiger partial charge in [-0.1, -0.05) is 80.0 Å². The first-order chi connectivity index (χ1) is 15.9. The molecule has 33 heavy (non-hydrogen) atoms. The van der Waals surface area contributed by atoms with E-state index in [4.69, 9.17) is 23.4 Å². The van der Waals surface area contributed by atoms with Crippen LogP contribution in [0.2, 0.25) is 5.02 Å². The number of rotatable bonds is 3. The van der Waals surface area contributed by atoms with Gasteiger partial charge < -0.3 is 5.32 Å². The van der Waals surface area contributed by atoms with Gasteiger partial charge in [0, 0.05) is 34.8 Å². The van der Waals surface area contributed by atoms with E-state index < -0.39 is 17.4 Å². The van der Waals surface area contributed by atoms with Crippen molar-refractivity contribution in [1.29, 1.82) is 0 Å². The van der Waals surface area contributed by atoms with Crippen molar-refractivity contribution in [3.05, 3.63) is 100 Å². The van der Waals surface area contributed by atoms with Gasteiger partial charge >= 0.3 is 0 Å². The first-order valence-electron chi connectivity index (χ1n) is 11.1. The first kappa shape index (κ1) is 22.0. The van der Waals surface area contributed by atoms with Crippen molar-refractivity contribution in [3.63, 3.8) is 0 Å². The maximum Gasteiger partial charge on any atom is 0.238 e. The third-order valence-electron chi connectivity index (χ3n) is 6.98. The predicted molar refractivity (Wildman–Crippen MR) is 132 cm³/mol. The fraction of sp³-hybridized carbons (Fsp3) is 0.259. The number of anilines is 1. The summed E-state index contributed by atoms with van der Waals surface area (Å²) in [5, 5.41) is 3.65. The number of fused-ring (bicyclic) bond motifs is 2. The fourth-order valence-electron chi connectivity index (χ4n) is 5.61. The molecule has 1 spiro atoms. The highest BCUT2D eigenvalue weighted by Crippen LogP contribution is 2.60. The smallest absolute Gasteiger partial charge is 0.238 e. The van der Waals surface area contributed by atoms with Gasteiger partial charge in [0.2, 0.25) is 11.8 Å². The zero-order valence-corrected chi connectivity index (χ0v) is 19.9. The quantitative estimate of drug-likeness (QED) is 0.433. The van der Waals surface area contributed by atoms with Crippen LogP contribution in [0.1, 0.15) is 60.4 Å². The van der Waals surface area contributed by atoms with E-state index in [0.717, 1.165) is 27.9 Å². The van der Waals surface area contributed by atoms with Gasteiger partial charge in [0.1, 0.15) is 5.41 Å². The molecule has 3 aromatic rings. The highest BCUT2D eigenvalue weighted by atomic mass is 35.5. The molecule has 2 amide bonds. The highest BCUT2D eigenvalue weighted by Gasteiger charge is 2.63. The van der Waals surface area contributed by atoms with Crippen molar-refractivity contribution >= 4 is 40.9 Å². The Morgan fingerprint density at radius 2 is 1.73 bits per heavy atom. The molecule has 0 radical (unpaired) electrons. The summed E-state index contributed by atoms with van der Waals surface area (Å²) in [6, 6.07) is 22.4. The minimum Gasteiger partial charge on any atom is -0.325 e. The lowest BCUT2D eigenvalue weighted by atomic mass is 9.58. The van der Waals surface area contributed by atoms with Crippen LogP contribution >= 0.6 is 23.4 Å². The van der Waals surface area contributed by atoms with Gasteiger partial charge in [-0.05, 0) is 46.4 Å². The van der Waals surface area contributed by atoms with E-state index in [-0.39, 0.29) is 24.2 Å². The molecule has 168 valence electrons. The van der Waals surface area contributed by atoms with Crippen LogP contribution in [0, 0.1) is 0 Å². The highest BCUT2D eigenvalue weighted by molar-refractivity contribution is 6.30. The number of amides is 2. The van der Waals surface area contributed by atoms with E-state index in [2.05, 4.69) is 19.2 Å². The maximum atomic E-state index is 14.1. The van der Waals surface area contributed by atoms with Crippen LogP contribution in [-0.4, -0.2) is 16.2 Å². The number of para-hydroxylation sites is 1. The molecule has 0 aliphatic carbocycles. The molecule has 3 atom stereocenters. The fourth-order valence-corrected chi connectivity index (χ4v) is 6.14. The lowest BCUT2D eigenvalue weighted by molar-refractivity contribution is -0.138. The van der Waals surface area contributed by atoms with Crippen molar-refractivity contribution in [2.75, 3.05) is 5.32 Å². The lowest BCUT2D eigenvalue weighted by Crippen LogP contribution is -2.56. The number of carbonyl (C=O) groups excluding carboxylic acids is 2. The SMILES string of the molecule is CC(C)c1ccccc1C1N(Cl)C(=O)CC(c2cccc(Cl)c2)C12C(=O)Nc1ccccc12. The molecule has 0 saturated carbocycles. The molecule has 1 saturated heterocycles. The Bertz CT molecular complexity index is 1260. The number of nitrogens with zero attached hydrogens (tertiary/aromatic N) is 1. The van der Waals surface area contributed by atoms with Crippen LogP contribution < -0.4 is 5.32 Å². The molecule has 5 rings (SSSR count). The molecular formula is C27H24Cl2N2O2. The summed E-state index contributed by atoms with van der Waals surface area (Å²) in [4.78, 5) is 27.4. The zero-order chi connectivity index (χ0) is 23.3. The van der Waals surface area contributed by atoms with Crippen molar-refractivity contribution < 1.29 is 9.59 Å². The number of carbonyl (C=O) groups is 2. The van der Waals surface area contributed by atoms with Crippen LogP contribution in [-0.2, 0) is 15.0 Å². The largest absolute Gasteiger partial charge is 0.325 e. The van der Waals surface area contributed by atoms with Gasteiger partial charge in [-0.2, -0.15) is 0 Å². The predicted octanol–water partition coefficient (Wildman–Crippen LogP) is 6.56. The molecule has 2 aliphatic rings. The Hall–Kier alpha value is -2.82. The summed E-state index contributed by atoms with van der Waals surface area (Å²) in [5.41, 5.74) is 3.28. The topological polar surface area (TPSA) is 49.4 Å². The molecule has 6 heteroatoms. The molecule has 1 N–H and O–H groups in total. The van der Waals surface area contributed by atoms with Crippen LogP contribution in [0.15, 0.2) is 72.8 Å². The average molecular weight is 479 g/mol. The minimum absolute atomic E-state index is 0.103. The van der Waals surface area contributed by atoms with E-state index in [1.807, 2.05) is 66.7 Å². The van der Waals surface area contributed by atoms with Crippen molar-refractivity contribution in [3.8, 4) is 0 Å². The second-order valence-corrected chi connectivity index (χ2v) is 9.87. The number of benzene rings is 3. The Morgan fingerprint density at radius 3 is 2.48 bits per heavy atom. The Morgan fingerprint density at radius 1 is 1.00 bits per heavy atom. The second-order valence-electron chi connectivity index (χ2n) is 9.07.